The Hall–Kier alpha value is -1.69. The molecule has 108 valence electrons. The molecule has 0 saturated heterocycles. The van der Waals surface area contributed by atoms with Crippen molar-refractivity contribution >= 4 is 0 Å². The predicted molar refractivity (Wildman–Crippen MR) is 77.8 cm³/mol. The van der Waals surface area contributed by atoms with E-state index >= 15 is 0 Å². The second-order valence-corrected chi connectivity index (χ2v) is 4.63. The summed E-state index contributed by atoms with van der Waals surface area (Å²) in [5.41, 5.74) is 2.32. The number of imidazole rings is 1. The number of rotatable bonds is 8. The van der Waals surface area contributed by atoms with E-state index in [0.29, 0.717) is 13.2 Å². The Balaban J connectivity index is 1.98. The fourth-order valence-electron chi connectivity index (χ4n) is 2.08. The molecule has 0 spiro atoms. The SMILES string of the molecule is COCCN(CCO)Cc1ccc(-n2ccnc2)cc1. The average Bonchev–Trinajstić information content (AvgIpc) is 3.00. The van der Waals surface area contributed by atoms with Gasteiger partial charge in [-0.05, 0) is 17.7 Å². The summed E-state index contributed by atoms with van der Waals surface area (Å²) >= 11 is 0. The summed E-state index contributed by atoms with van der Waals surface area (Å²) < 4.78 is 7.06. The van der Waals surface area contributed by atoms with Crippen LogP contribution in [0.3, 0.4) is 0 Å². The Morgan fingerprint density at radius 2 is 2.05 bits per heavy atom. The van der Waals surface area contributed by atoms with Crippen molar-refractivity contribution in [2.75, 3.05) is 33.4 Å². The van der Waals surface area contributed by atoms with E-state index in [2.05, 4.69) is 34.1 Å². The third-order valence-corrected chi connectivity index (χ3v) is 3.17. The zero-order valence-corrected chi connectivity index (χ0v) is 11.8. The Labute approximate surface area is 119 Å². The lowest BCUT2D eigenvalue weighted by molar-refractivity contribution is 0.127. The standard InChI is InChI=1S/C15H21N3O2/c1-20-11-9-17(8-10-19)12-14-2-4-15(5-3-14)18-7-6-16-13-18/h2-7,13,19H,8-12H2,1H3. The van der Waals surface area contributed by atoms with E-state index in [1.165, 1.54) is 5.56 Å². The molecule has 0 amide bonds. The lowest BCUT2D eigenvalue weighted by atomic mass is 10.2. The molecule has 0 aliphatic carbocycles. The second kappa shape index (κ2) is 7.79. The summed E-state index contributed by atoms with van der Waals surface area (Å²) in [5, 5.41) is 9.09. The minimum Gasteiger partial charge on any atom is -0.395 e. The van der Waals surface area contributed by atoms with Gasteiger partial charge in [0.15, 0.2) is 0 Å². The molecule has 0 atom stereocenters. The number of aliphatic hydroxyl groups excluding tert-OH is 1. The first kappa shape index (κ1) is 14.7. The number of benzene rings is 1. The van der Waals surface area contributed by atoms with E-state index in [-0.39, 0.29) is 6.61 Å². The molecule has 5 nitrogen and oxygen atoms in total. The molecule has 0 radical (unpaired) electrons. The van der Waals surface area contributed by atoms with Crippen LogP contribution in [-0.2, 0) is 11.3 Å². The molecule has 1 N–H and O–H groups in total. The topological polar surface area (TPSA) is 50.5 Å². The molecule has 2 aromatic rings. The molecular weight excluding hydrogens is 254 g/mol. The van der Waals surface area contributed by atoms with Crippen molar-refractivity contribution in [2.24, 2.45) is 0 Å². The number of aromatic nitrogens is 2. The molecule has 0 aliphatic heterocycles. The minimum absolute atomic E-state index is 0.164. The summed E-state index contributed by atoms with van der Waals surface area (Å²) in [5.74, 6) is 0. The average molecular weight is 275 g/mol. The fourth-order valence-corrected chi connectivity index (χ4v) is 2.08. The Morgan fingerprint density at radius 1 is 1.25 bits per heavy atom. The quantitative estimate of drug-likeness (QED) is 0.789. The molecule has 0 fully saturated rings. The first-order chi connectivity index (χ1) is 9.83. The maximum atomic E-state index is 9.09. The van der Waals surface area contributed by atoms with E-state index in [4.69, 9.17) is 9.84 Å². The van der Waals surface area contributed by atoms with Crippen molar-refractivity contribution in [3.63, 3.8) is 0 Å². The summed E-state index contributed by atoms with van der Waals surface area (Å²) in [6, 6.07) is 8.36. The molecule has 0 aliphatic rings. The normalized spacial score (nSPS) is 11.2. The van der Waals surface area contributed by atoms with Crippen LogP contribution in [0.2, 0.25) is 0 Å². The number of methoxy groups -OCH3 is 1. The summed E-state index contributed by atoms with van der Waals surface area (Å²) in [6.07, 6.45) is 5.47. The highest BCUT2D eigenvalue weighted by Crippen LogP contribution is 2.11. The van der Waals surface area contributed by atoms with E-state index < -0.39 is 0 Å². The number of hydrogen-bond donors (Lipinski definition) is 1. The Kier molecular flexibility index (Phi) is 5.73. The number of ether oxygens (including phenoxy) is 1. The monoisotopic (exact) mass is 275 g/mol. The van der Waals surface area contributed by atoms with Gasteiger partial charge in [0, 0.05) is 44.8 Å². The second-order valence-electron chi connectivity index (χ2n) is 4.63. The van der Waals surface area contributed by atoms with Crippen molar-refractivity contribution in [1.29, 1.82) is 0 Å². The highest BCUT2D eigenvalue weighted by molar-refractivity contribution is 5.34. The van der Waals surface area contributed by atoms with Crippen molar-refractivity contribution in [2.45, 2.75) is 6.54 Å². The van der Waals surface area contributed by atoms with Gasteiger partial charge in [0.05, 0.1) is 19.5 Å². The largest absolute Gasteiger partial charge is 0.395 e. The van der Waals surface area contributed by atoms with Crippen LogP contribution in [0.5, 0.6) is 0 Å². The van der Waals surface area contributed by atoms with Gasteiger partial charge in [-0.25, -0.2) is 4.98 Å². The maximum Gasteiger partial charge on any atom is 0.0991 e. The Morgan fingerprint density at radius 3 is 2.65 bits per heavy atom. The zero-order valence-electron chi connectivity index (χ0n) is 11.8. The van der Waals surface area contributed by atoms with Crippen LogP contribution in [0.15, 0.2) is 43.0 Å². The van der Waals surface area contributed by atoms with Gasteiger partial charge < -0.3 is 14.4 Å². The summed E-state index contributed by atoms with van der Waals surface area (Å²) in [7, 11) is 1.69. The highest BCUT2D eigenvalue weighted by atomic mass is 16.5. The van der Waals surface area contributed by atoms with E-state index in [1.54, 1.807) is 19.6 Å². The highest BCUT2D eigenvalue weighted by Gasteiger charge is 2.05. The zero-order chi connectivity index (χ0) is 14.2. The van der Waals surface area contributed by atoms with Crippen LogP contribution in [0.1, 0.15) is 5.56 Å². The van der Waals surface area contributed by atoms with Gasteiger partial charge in [0.25, 0.3) is 0 Å². The molecule has 0 unspecified atom stereocenters. The molecule has 20 heavy (non-hydrogen) atoms. The molecular formula is C15H21N3O2. The van der Waals surface area contributed by atoms with Gasteiger partial charge in [-0.3, -0.25) is 4.90 Å². The Bertz CT molecular complexity index is 482. The third kappa shape index (κ3) is 4.16. The van der Waals surface area contributed by atoms with E-state index in [9.17, 15) is 0 Å². The number of nitrogens with zero attached hydrogens (tertiary/aromatic N) is 3. The van der Waals surface area contributed by atoms with Gasteiger partial charge in [-0.1, -0.05) is 12.1 Å². The van der Waals surface area contributed by atoms with Crippen molar-refractivity contribution in [3.05, 3.63) is 48.5 Å². The first-order valence-corrected chi connectivity index (χ1v) is 6.73. The first-order valence-electron chi connectivity index (χ1n) is 6.73. The van der Waals surface area contributed by atoms with Gasteiger partial charge in [0.2, 0.25) is 0 Å². The fraction of sp³-hybridized carbons (Fsp3) is 0.400. The number of hydrogen-bond acceptors (Lipinski definition) is 4. The lowest BCUT2D eigenvalue weighted by Gasteiger charge is -2.21. The molecule has 2 rings (SSSR count). The third-order valence-electron chi connectivity index (χ3n) is 3.17. The van der Waals surface area contributed by atoms with Gasteiger partial charge in [-0.15, -0.1) is 0 Å². The van der Waals surface area contributed by atoms with Crippen molar-refractivity contribution in [1.82, 2.24) is 14.5 Å². The smallest absolute Gasteiger partial charge is 0.0991 e. The van der Waals surface area contributed by atoms with Crippen LogP contribution in [0.4, 0.5) is 0 Å². The molecule has 1 aromatic carbocycles. The molecule has 5 heteroatoms. The molecule has 0 saturated carbocycles. The van der Waals surface area contributed by atoms with Gasteiger partial charge in [0.1, 0.15) is 0 Å². The number of aliphatic hydroxyl groups is 1. The van der Waals surface area contributed by atoms with E-state index in [0.717, 1.165) is 18.8 Å². The summed E-state index contributed by atoms with van der Waals surface area (Å²) in [6.45, 7) is 3.13. The molecule has 1 heterocycles. The van der Waals surface area contributed by atoms with Gasteiger partial charge in [-0.2, -0.15) is 0 Å². The van der Waals surface area contributed by atoms with Crippen molar-refractivity contribution in [3.8, 4) is 5.69 Å². The maximum absolute atomic E-state index is 9.09. The molecule has 1 aromatic heterocycles. The van der Waals surface area contributed by atoms with Crippen LogP contribution < -0.4 is 0 Å². The van der Waals surface area contributed by atoms with Crippen molar-refractivity contribution < 1.29 is 9.84 Å². The van der Waals surface area contributed by atoms with Gasteiger partial charge >= 0.3 is 0 Å². The van der Waals surface area contributed by atoms with E-state index in [1.807, 2.05) is 10.8 Å². The molecule has 0 bridgehead atoms. The van der Waals surface area contributed by atoms with Crippen LogP contribution >= 0.6 is 0 Å². The minimum atomic E-state index is 0.164. The predicted octanol–water partition coefficient (Wildman–Crippen LogP) is 1.31. The van der Waals surface area contributed by atoms with Crippen LogP contribution in [0.25, 0.3) is 5.69 Å². The summed E-state index contributed by atoms with van der Waals surface area (Å²) in [4.78, 5) is 6.22. The lowest BCUT2D eigenvalue weighted by Crippen LogP contribution is -2.29. The van der Waals surface area contributed by atoms with Crippen LogP contribution in [0, 0.1) is 0 Å². The van der Waals surface area contributed by atoms with Crippen LogP contribution in [-0.4, -0.2) is 53.0 Å².